The second kappa shape index (κ2) is 9.65. The van der Waals surface area contributed by atoms with E-state index in [0.29, 0.717) is 35.2 Å². The van der Waals surface area contributed by atoms with Crippen LogP contribution in [-0.2, 0) is 21.5 Å². The van der Waals surface area contributed by atoms with E-state index < -0.39 is 16.1 Å². The summed E-state index contributed by atoms with van der Waals surface area (Å²) < 4.78 is 38.9. The third-order valence-corrected chi connectivity index (χ3v) is 6.88. The highest BCUT2D eigenvalue weighted by molar-refractivity contribution is 7.86. The standard InChI is InChI=1S/C20H24ClN3O5S/c1-28-18-10-17(11-19(12-18)29-2)22-20(25)14-24-9-3-8-23(30(24,26)27)13-15-4-6-16(21)7-5-15/h4-7,10-12H,3,8-9,13-14H2,1-2H3,(H,22,25). The number of carbonyl (C=O) groups is 1. The second-order valence-electron chi connectivity index (χ2n) is 6.80. The minimum absolute atomic E-state index is 0.227. The van der Waals surface area contributed by atoms with E-state index in [2.05, 4.69) is 5.32 Å². The van der Waals surface area contributed by atoms with E-state index >= 15 is 0 Å². The van der Waals surface area contributed by atoms with Crippen LogP contribution in [0.5, 0.6) is 11.5 Å². The maximum absolute atomic E-state index is 13.0. The van der Waals surface area contributed by atoms with E-state index in [9.17, 15) is 13.2 Å². The normalized spacial score (nSPS) is 16.8. The van der Waals surface area contributed by atoms with Gasteiger partial charge in [-0.3, -0.25) is 4.79 Å². The van der Waals surface area contributed by atoms with Gasteiger partial charge in [-0.15, -0.1) is 0 Å². The molecule has 0 aliphatic carbocycles. The Balaban J connectivity index is 1.68. The SMILES string of the molecule is COc1cc(NC(=O)CN2CCCN(Cc3ccc(Cl)cc3)S2(=O)=O)cc(OC)c1. The quantitative estimate of drug-likeness (QED) is 0.696. The van der Waals surface area contributed by atoms with Crippen LogP contribution in [0.25, 0.3) is 0 Å². The molecule has 1 aliphatic rings. The third-order valence-electron chi connectivity index (χ3n) is 4.69. The van der Waals surface area contributed by atoms with Gasteiger partial charge in [0.2, 0.25) is 5.91 Å². The zero-order valence-corrected chi connectivity index (χ0v) is 18.4. The summed E-state index contributed by atoms with van der Waals surface area (Å²) in [6, 6.07) is 12.0. The Labute approximate surface area is 181 Å². The molecule has 2 aromatic rings. The summed E-state index contributed by atoms with van der Waals surface area (Å²) in [5.41, 5.74) is 1.29. The Morgan fingerprint density at radius 1 is 1.03 bits per heavy atom. The molecule has 1 heterocycles. The molecule has 2 aromatic carbocycles. The zero-order chi connectivity index (χ0) is 21.7. The molecule has 162 valence electrons. The van der Waals surface area contributed by atoms with Gasteiger partial charge in [0, 0.05) is 48.5 Å². The number of nitrogens with zero attached hydrogens (tertiary/aromatic N) is 2. The summed E-state index contributed by atoms with van der Waals surface area (Å²) in [5.74, 6) is 0.594. The maximum atomic E-state index is 13.0. The van der Waals surface area contributed by atoms with E-state index in [0.717, 1.165) is 5.56 Å². The zero-order valence-electron chi connectivity index (χ0n) is 16.8. The Morgan fingerprint density at radius 2 is 1.63 bits per heavy atom. The number of rotatable bonds is 7. The number of ether oxygens (including phenoxy) is 2. The number of benzene rings is 2. The van der Waals surface area contributed by atoms with Crippen molar-refractivity contribution in [3.63, 3.8) is 0 Å². The Hall–Kier alpha value is -2.33. The molecule has 3 rings (SSSR count). The molecule has 0 atom stereocenters. The number of halogens is 1. The number of hydrogen-bond acceptors (Lipinski definition) is 5. The maximum Gasteiger partial charge on any atom is 0.282 e. The van der Waals surface area contributed by atoms with Gasteiger partial charge in [0.15, 0.2) is 0 Å². The van der Waals surface area contributed by atoms with Crippen molar-refractivity contribution in [1.29, 1.82) is 0 Å². The predicted octanol–water partition coefficient (Wildman–Crippen LogP) is 2.75. The van der Waals surface area contributed by atoms with Crippen molar-refractivity contribution in [2.24, 2.45) is 0 Å². The summed E-state index contributed by atoms with van der Waals surface area (Å²) in [4.78, 5) is 12.5. The topological polar surface area (TPSA) is 88.2 Å². The van der Waals surface area contributed by atoms with Gasteiger partial charge in [-0.25, -0.2) is 0 Å². The lowest BCUT2D eigenvalue weighted by molar-refractivity contribution is -0.116. The first-order valence-electron chi connectivity index (χ1n) is 9.34. The number of methoxy groups -OCH3 is 2. The van der Waals surface area contributed by atoms with Gasteiger partial charge in [0.05, 0.1) is 20.8 Å². The van der Waals surface area contributed by atoms with Gasteiger partial charge in [0.25, 0.3) is 10.2 Å². The van der Waals surface area contributed by atoms with E-state index in [1.54, 1.807) is 42.5 Å². The van der Waals surface area contributed by atoms with Gasteiger partial charge >= 0.3 is 0 Å². The van der Waals surface area contributed by atoms with E-state index in [1.165, 1.54) is 22.8 Å². The molecule has 1 N–H and O–H groups in total. The molecular weight excluding hydrogens is 430 g/mol. The van der Waals surface area contributed by atoms with Crippen LogP contribution >= 0.6 is 11.6 Å². The van der Waals surface area contributed by atoms with Crippen LogP contribution in [0.4, 0.5) is 5.69 Å². The predicted molar refractivity (Wildman–Crippen MR) is 115 cm³/mol. The Morgan fingerprint density at radius 3 is 2.23 bits per heavy atom. The van der Waals surface area contributed by atoms with Gasteiger partial charge in [0.1, 0.15) is 11.5 Å². The summed E-state index contributed by atoms with van der Waals surface area (Å²) in [6.07, 6.45) is 0.632. The second-order valence-corrected chi connectivity index (χ2v) is 9.17. The number of nitrogens with one attached hydrogen (secondary N) is 1. The lowest BCUT2D eigenvalue weighted by Gasteiger charge is -2.34. The number of carbonyl (C=O) groups excluding carboxylic acids is 1. The van der Waals surface area contributed by atoms with Crippen LogP contribution in [0.2, 0.25) is 5.02 Å². The van der Waals surface area contributed by atoms with Crippen molar-refractivity contribution >= 4 is 33.4 Å². The van der Waals surface area contributed by atoms with Gasteiger partial charge in [-0.05, 0) is 24.1 Å². The molecule has 0 unspecified atom stereocenters. The third kappa shape index (κ3) is 5.42. The molecule has 1 amide bonds. The number of hydrogen-bond donors (Lipinski definition) is 1. The molecular formula is C20H24ClN3O5S. The average Bonchev–Trinajstić information content (AvgIpc) is 2.72. The highest BCUT2D eigenvalue weighted by Crippen LogP contribution is 2.26. The van der Waals surface area contributed by atoms with E-state index in [-0.39, 0.29) is 19.6 Å². The fourth-order valence-electron chi connectivity index (χ4n) is 3.17. The summed E-state index contributed by atoms with van der Waals surface area (Å²) in [6.45, 7) is 0.633. The van der Waals surface area contributed by atoms with Crippen LogP contribution < -0.4 is 14.8 Å². The first-order chi connectivity index (χ1) is 14.3. The Kier molecular flexibility index (Phi) is 7.19. The lowest BCUT2D eigenvalue weighted by atomic mass is 10.2. The molecule has 1 aliphatic heterocycles. The first kappa shape index (κ1) is 22.4. The van der Waals surface area contributed by atoms with Gasteiger partial charge < -0.3 is 14.8 Å². The van der Waals surface area contributed by atoms with Crippen LogP contribution in [0.3, 0.4) is 0 Å². The number of anilines is 1. The van der Waals surface area contributed by atoms with Crippen molar-refractivity contribution < 1.29 is 22.7 Å². The summed E-state index contributed by atoms with van der Waals surface area (Å²) >= 11 is 5.90. The van der Waals surface area contributed by atoms with Gasteiger partial charge in [-0.2, -0.15) is 17.0 Å². The smallest absolute Gasteiger partial charge is 0.282 e. The van der Waals surface area contributed by atoms with Crippen LogP contribution in [0.15, 0.2) is 42.5 Å². The van der Waals surface area contributed by atoms with Gasteiger partial charge in [-0.1, -0.05) is 23.7 Å². The Bertz CT molecular complexity index is 976. The molecule has 8 nitrogen and oxygen atoms in total. The summed E-state index contributed by atoms with van der Waals surface area (Å²) in [7, 11) is -0.742. The van der Waals surface area contributed by atoms with E-state index in [1.807, 2.05) is 0 Å². The van der Waals surface area contributed by atoms with Crippen LogP contribution in [0.1, 0.15) is 12.0 Å². The lowest BCUT2D eigenvalue weighted by Crippen LogP contribution is -2.51. The van der Waals surface area contributed by atoms with Crippen LogP contribution in [-0.4, -0.2) is 56.8 Å². The molecule has 10 heteroatoms. The van der Waals surface area contributed by atoms with Crippen molar-refractivity contribution in [1.82, 2.24) is 8.61 Å². The number of amides is 1. The van der Waals surface area contributed by atoms with E-state index in [4.69, 9.17) is 21.1 Å². The molecule has 30 heavy (non-hydrogen) atoms. The minimum Gasteiger partial charge on any atom is -0.497 e. The molecule has 0 bridgehead atoms. The van der Waals surface area contributed by atoms with Crippen molar-refractivity contribution in [3.8, 4) is 11.5 Å². The van der Waals surface area contributed by atoms with Crippen molar-refractivity contribution in [2.75, 3.05) is 39.2 Å². The molecule has 0 aromatic heterocycles. The van der Waals surface area contributed by atoms with Crippen LogP contribution in [0, 0.1) is 0 Å². The molecule has 0 radical (unpaired) electrons. The molecule has 0 saturated carbocycles. The summed E-state index contributed by atoms with van der Waals surface area (Å²) in [5, 5.41) is 3.30. The highest BCUT2D eigenvalue weighted by atomic mass is 35.5. The molecule has 1 fully saturated rings. The molecule has 1 saturated heterocycles. The fraction of sp³-hybridized carbons (Fsp3) is 0.350. The first-order valence-corrected chi connectivity index (χ1v) is 11.1. The van der Waals surface area contributed by atoms with Crippen molar-refractivity contribution in [3.05, 3.63) is 53.1 Å². The average molecular weight is 454 g/mol. The monoisotopic (exact) mass is 453 g/mol. The fourth-order valence-corrected chi connectivity index (χ4v) is 4.94. The minimum atomic E-state index is -3.76. The highest BCUT2D eigenvalue weighted by Gasteiger charge is 2.34. The molecule has 0 spiro atoms. The van der Waals surface area contributed by atoms with Crippen molar-refractivity contribution in [2.45, 2.75) is 13.0 Å². The largest absolute Gasteiger partial charge is 0.497 e.